The molecule has 6 nitrogen and oxygen atoms in total. The number of aromatic nitrogens is 3. The number of thiazole rings is 1. The van der Waals surface area contributed by atoms with Gasteiger partial charge in [0.25, 0.3) is 0 Å². The summed E-state index contributed by atoms with van der Waals surface area (Å²) in [6.45, 7) is 3.65. The van der Waals surface area contributed by atoms with Crippen molar-refractivity contribution in [3.05, 3.63) is 64.4 Å². The monoisotopic (exact) mass is 496 g/mol. The fraction of sp³-hybridized carbons (Fsp3) is 0.316. The number of nitrogens with one attached hydrogen (secondary N) is 2. The van der Waals surface area contributed by atoms with Gasteiger partial charge in [0.05, 0.1) is 22.6 Å². The number of hydrogen-bond donors (Lipinski definition) is 2. The Morgan fingerprint density at radius 1 is 1.15 bits per heavy atom. The van der Waals surface area contributed by atoms with Crippen molar-refractivity contribution in [2.45, 2.75) is 19.8 Å². The number of benzene rings is 1. The van der Waals surface area contributed by atoms with Gasteiger partial charge in [0, 0.05) is 38.1 Å². The Hall–Kier alpha value is -1.94. The van der Waals surface area contributed by atoms with E-state index in [-0.39, 0.29) is 24.0 Å². The van der Waals surface area contributed by atoms with E-state index in [9.17, 15) is 0 Å². The molecule has 1 aromatic carbocycles. The van der Waals surface area contributed by atoms with Crippen LogP contribution in [-0.4, -0.2) is 40.9 Å². The van der Waals surface area contributed by atoms with Gasteiger partial charge in [-0.05, 0) is 31.0 Å². The Balaban J connectivity index is 0.00000261. The number of nitrogens with zero attached hydrogens (tertiary/aromatic N) is 4. The minimum absolute atomic E-state index is 0. The number of para-hydroxylation sites is 1. The van der Waals surface area contributed by atoms with Gasteiger partial charge in [-0.3, -0.25) is 4.99 Å². The molecule has 3 aromatic rings. The predicted molar refractivity (Wildman–Crippen MR) is 123 cm³/mol. The van der Waals surface area contributed by atoms with E-state index in [0.29, 0.717) is 0 Å². The summed E-state index contributed by atoms with van der Waals surface area (Å²) in [5, 5.41) is 14.3. The van der Waals surface area contributed by atoms with Gasteiger partial charge in [-0.2, -0.15) is 5.10 Å². The summed E-state index contributed by atoms with van der Waals surface area (Å²) in [6, 6.07) is 10.1. The van der Waals surface area contributed by atoms with E-state index < -0.39 is 0 Å². The lowest BCUT2D eigenvalue weighted by molar-refractivity contribution is 0.777. The highest BCUT2D eigenvalue weighted by molar-refractivity contribution is 14.0. The maximum absolute atomic E-state index is 4.47. The Morgan fingerprint density at radius 3 is 2.56 bits per heavy atom. The van der Waals surface area contributed by atoms with Crippen molar-refractivity contribution in [1.29, 1.82) is 0 Å². The Kier molecular flexibility index (Phi) is 8.73. The molecule has 0 atom stereocenters. The van der Waals surface area contributed by atoms with Crippen LogP contribution in [0.2, 0.25) is 0 Å². The van der Waals surface area contributed by atoms with Gasteiger partial charge in [0.15, 0.2) is 5.96 Å². The van der Waals surface area contributed by atoms with E-state index in [4.69, 9.17) is 0 Å². The molecule has 0 saturated heterocycles. The Morgan fingerprint density at radius 2 is 1.89 bits per heavy atom. The number of hydrogen-bond acceptors (Lipinski definition) is 4. The fourth-order valence-corrected chi connectivity index (χ4v) is 3.24. The van der Waals surface area contributed by atoms with Crippen molar-refractivity contribution >= 4 is 41.3 Å². The van der Waals surface area contributed by atoms with Crippen LogP contribution in [0.25, 0.3) is 5.69 Å². The molecular weight excluding hydrogens is 471 g/mol. The predicted octanol–water partition coefficient (Wildman–Crippen LogP) is 3.21. The van der Waals surface area contributed by atoms with Crippen LogP contribution in [0, 0.1) is 6.92 Å². The third-order valence-electron chi connectivity index (χ3n) is 3.93. The molecule has 144 valence electrons. The van der Waals surface area contributed by atoms with Gasteiger partial charge < -0.3 is 10.6 Å². The van der Waals surface area contributed by atoms with Crippen LogP contribution in [0.5, 0.6) is 0 Å². The lowest BCUT2D eigenvalue weighted by Gasteiger charge is -2.10. The molecule has 27 heavy (non-hydrogen) atoms. The SMILES string of the molecule is CN=C(NCCc1cnn(-c2ccccc2)c1)NCCc1csc(C)n1.I. The molecule has 0 aliphatic heterocycles. The lowest BCUT2D eigenvalue weighted by atomic mass is 10.2. The molecule has 0 bridgehead atoms. The number of halogens is 1. The van der Waals surface area contributed by atoms with Crippen LogP contribution in [0.3, 0.4) is 0 Å². The van der Waals surface area contributed by atoms with Crippen LogP contribution >= 0.6 is 35.3 Å². The second kappa shape index (κ2) is 11.0. The van der Waals surface area contributed by atoms with Crippen molar-refractivity contribution in [2.24, 2.45) is 4.99 Å². The molecule has 2 aromatic heterocycles. The van der Waals surface area contributed by atoms with E-state index in [1.54, 1.807) is 18.4 Å². The third-order valence-corrected chi connectivity index (χ3v) is 4.75. The molecule has 2 N–H and O–H groups in total. The molecule has 0 aliphatic carbocycles. The Labute approximate surface area is 181 Å². The highest BCUT2D eigenvalue weighted by atomic mass is 127. The van der Waals surface area contributed by atoms with E-state index in [1.807, 2.05) is 48.1 Å². The zero-order chi connectivity index (χ0) is 18.2. The fourth-order valence-electron chi connectivity index (χ4n) is 2.59. The summed E-state index contributed by atoms with van der Waals surface area (Å²) in [5.74, 6) is 0.812. The normalized spacial score (nSPS) is 11.1. The summed E-state index contributed by atoms with van der Waals surface area (Å²) in [7, 11) is 1.79. The van der Waals surface area contributed by atoms with Crippen molar-refractivity contribution < 1.29 is 0 Å². The molecule has 0 radical (unpaired) electrons. The molecule has 8 heteroatoms. The highest BCUT2D eigenvalue weighted by Gasteiger charge is 2.03. The average Bonchev–Trinajstić information content (AvgIpc) is 3.30. The van der Waals surface area contributed by atoms with E-state index in [0.717, 1.165) is 48.3 Å². The first kappa shape index (κ1) is 21.4. The molecule has 0 amide bonds. The Bertz CT molecular complexity index is 843. The summed E-state index contributed by atoms with van der Waals surface area (Å²) >= 11 is 1.69. The zero-order valence-electron chi connectivity index (χ0n) is 15.6. The standard InChI is InChI=1S/C19H24N6S.HI/c1-15-24-17(14-26-15)9-11-22-19(20-2)21-10-8-16-12-23-25(13-16)18-6-4-3-5-7-18;/h3-7,12-14H,8-11H2,1-2H3,(H2,20,21,22);1H. The summed E-state index contributed by atoms with van der Waals surface area (Å²) in [5.41, 5.74) is 3.39. The van der Waals surface area contributed by atoms with Gasteiger partial charge in [-0.15, -0.1) is 35.3 Å². The lowest BCUT2D eigenvalue weighted by Crippen LogP contribution is -2.39. The molecule has 0 spiro atoms. The minimum atomic E-state index is 0. The van der Waals surface area contributed by atoms with Gasteiger partial charge >= 0.3 is 0 Å². The molecular formula is C19H25IN6S. The van der Waals surface area contributed by atoms with E-state index >= 15 is 0 Å². The van der Waals surface area contributed by atoms with Gasteiger partial charge in [0.1, 0.15) is 0 Å². The van der Waals surface area contributed by atoms with Crippen molar-refractivity contribution in [3.8, 4) is 5.69 Å². The van der Waals surface area contributed by atoms with E-state index in [1.165, 1.54) is 5.56 Å². The zero-order valence-corrected chi connectivity index (χ0v) is 18.7. The van der Waals surface area contributed by atoms with E-state index in [2.05, 4.69) is 37.3 Å². The largest absolute Gasteiger partial charge is 0.356 e. The first-order valence-corrected chi connectivity index (χ1v) is 9.57. The maximum atomic E-state index is 4.47. The minimum Gasteiger partial charge on any atom is -0.356 e. The van der Waals surface area contributed by atoms with Crippen LogP contribution in [0.4, 0.5) is 0 Å². The highest BCUT2D eigenvalue weighted by Crippen LogP contribution is 2.08. The molecule has 0 saturated carbocycles. The molecule has 0 fully saturated rings. The molecule has 2 heterocycles. The number of aliphatic imine (C=N–C) groups is 1. The second-order valence-electron chi connectivity index (χ2n) is 5.91. The van der Waals surface area contributed by atoms with Crippen LogP contribution in [-0.2, 0) is 12.8 Å². The third kappa shape index (κ3) is 6.62. The smallest absolute Gasteiger partial charge is 0.190 e. The van der Waals surface area contributed by atoms with Crippen molar-refractivity contribution in [2.75, 3.05) is 20.1 Å². The quantitative estimate of drug-likeness (QED) is 0.300. The summed E-state index contributed by atoms with van der Waals surface area (Å²) in [4.78, 5) is 8.74. The van der Waals surface area contributed by atoms with Crippen molar-refractivity contribution in [3.63, 3.8) is 0 Å². The molecule has 0 unspecified atom stereocenters. The van der Waals surface area contributed by atoms with Gasteiger partial charge in [-0.1, -0.05) is 18.2 Å². The van der Waals surface area contributed by atoms with Crippen molar-refractivity contribution in [1.82, 2.24) is 25.4 Å². The number of guanidine groups is 1. The molecule has 3 rings (SSSR count). The second-order valence-corrected chi connectivity index (χ2v) is 6.97. The first-order valence-electron chi connectivity index (χ1n) is 8.69. The van der Waals surface area contributed by atoms with Gasteiger partial charge in [-0.25, -0.2) is 9.67 Å². The maximum Gasteiger partial charge on any atom is 0.190 e. The summed E-state index contributed by atoms with van der Waals surface area (Å²) < 4.78 is 1.90. The summed E-state index contributed by atoms with van der Waals surface area (Å²) in [6.07, 6.45) is 5.76. The van der Waals surface area contributed by atoms with Gasteiger partial charge in [0.2, 0.25) is 0 Å². The molecule has 0 aliphatic rings. The average molecular weight is 496 g/mol. The van der Waals surface area contributed by atoms with Crippen LogP contribution in [0.15, 0.2) is 53.1 Å². The topological polar surface area (TPSA) is 67.1 Å². The number of aryl methyl sites for hydroxylation is 1. The van der Waals surface area contributed by atoms with Crippen LogP contribution < -0.4 is 10.6 Å². The van der Waals surface area contributed by atoms with Crippen LogP contribution in [0.1, 0.15) is 16.3 Å². The first-order chi connectivity index (χ1) is 12.7. The number of rotatable bonds is 7.